The van der Waals surface area contributed by atoms with Gasteiger partial charge >= 0.3 is 0 Å². The summed E-state index contributed by atoms with van der Waals surface area (Å²) in [5, 5.41) is 6.35. The smallest absolute Gasteiger partial charge is 0.257 e. The van der Waals surface area contributed by atoms with Crippen molar-refractivity contribution in [3.8, 4) is 0 Å². The van der Waals surface area contributed by atoms with Gasteiger partial charge in [0.05, 0.1) is 18.0 Å². The molecule has 2 N–H and O–H groups in total. The molecule has 0 aliphatic heterocycles. The van der Waals surface area contributed by atoms with Crippen LogP contribution in [0, 0.1) is 6.92 Å². The number of pyridine rings is 1. The van der Waals surface area contributed by atoms with Gasteiger partial charge in [-0.1, -0.05) is 23.7 Å². The molecule has 3 rings (SSSR count). The fourth-order valence-corrected chi connectivity index (χ4v) is 2.41. The Morgan fingerprint density at radius 3 is 2.76 bits per heavy atom. The topological polar surface area (TPSA) is 79.8 Å². The Morgan fingerprint density at radius 2 is 1.96 bits per heavy atom. The highest BCUT2D eigenvalue weighted by atomic mass is 35.5. The Bertz CT molecular complexity index is 900. The van der Waals surface area contributed by atoms with E-state index in [0.29, 0.717) is 28.8 Å². The highest BCUT2D eigenvalue weighted by molar-refractivity contribution is 6.29. The van der Waals surface area contributed by atoms with Crippen molar-refractivity contribution in [2.75, 3.05) is 10.6 Å². The van der Waals surface area contributed by atoms with Crippen molar-refractivity contribution in [2.24, 2.45) is 0 Å². The third-order valence-electron chi connectivity index (χ3n) is 3.40. The minimum Gasteiger partial charge on any atom is -0.365 e. The second-order valence-electron chi connectivity index (χ2n) is 5.49. The molecular weight excluding hydrogens is 338 g/mol. The number of hydrogen-bond donors (Lipinski definition) is 2. The summed E-state index contributed by atoms with van der Waals surface area (Å²) in [7, 11) is 0. The lowest BCUT2D eigenvalue weighted by atomic mass is 10.1. The molecule has 0 bridgehead atoms. The molecule has 25 heavy (non-hydrogen) atoms. The van der Waals surface area contributed by atoms with Gasteiger partial charge in [-0.05, 0) is 36.2 Å². The molecule has 2 aromatic heterocycles. The first-order valence-corrected chi connectivity index (χ1v) is 8.01. The molecule has 0 fully saturated rings. The van der Waals surface area contributed by atoms with Crippen LogP contribution in [0.2, 0.25) is 5.15 Å². The molecule has 0 saturated carbocycles. The van der Waals surface area contributed by atoms with Crippen molar-refractivity contribution >= 4 is 29.0 Å². The van der Waals surface area contributed by atoms with Crippen LogP contribution in [0.15, 0.2) is 55.1 Å². The SMILES string of the molecule is Cc1cncc(C(=O)Nc2cccc(CNc3cncc(Cl)n3)c2)c1. The number of hydrogen-bond acceptors (Lipinski definition) is 5. The van der Waals surface area contributed by atoms with Crippen LogP contribution >= 0.6 is 11.6 Å². The first-order chi connectivity index (χ1) is 12.1. The van der Waals surface area contributed by atoms with E-state index in [1.807, 2.05) is 31.2 Å². The maximum absolute atomic E-state index is 12.3. The van der Waals surface area contributed by atoms with E-state index in [4.69, 9.17) is 11.6 Å². The predicted octanol–water partition coefficient (Wildman–Crippen LogP) is 3.70. The minimum absolute atomic E-state index is 0.193. The third kappa shape index (κ3) is 4.74. The lowest BCUT2D eigenvalue weighted by molar-refractivity contribution is 0.102. The Hall–Kier alpha value is -2.99. The normalized spacial score (nSPS) is 10.3. The molecule has 1 amide bonds. The molecule has 0 unspecified atom stereocenters. The Kier molecular flexibility index (Phi) is 5.20. The second kappa shape index (κ2) is 7.72. The summed E-state index contributed by atoms with van der Waals surface area (Å²) in [6.07, 6.45) is 6.33. The molecular formula is C18H16ClN5O. The number of halogens is 1. The van der Waals surface area contributed by atoms with Crippen LogP contribution in [-0.4, -0.2) is 20.9 Å². The van der Waals surface area contributed by atoms with E-state index in [0.717, 1.165) is 11.1 Å². The summed E-state index contributed by atoms with van der Waals surface area (Å²) >= 11 is 5.81. The highest BCUT2D eigenvalue weighted by Crippen LogP contribution is 2.14. The van der Waals surface area contributed by atoms with E-state index in [-0.39, 0.29) is 5.91 Å². The van der Waals surface area contributed by atoms with Crippen LogP contribution < -0.4 is 10.6 Å². The van der Waals surface area contributed by atoms with Crippen LogP contribution in [0.5, 0.6) is 0 Å². The first kappa shape index (κ1) is 16.9. The number of nitrogens with zero attached hydrogens (tertiary/aromatic N) is 3. The fraction of sp³-hybridized carbons (Fsp3) is 0.111. The Morgan fingerprint density at radius 1 is 1.12 bits per heavy atom. The van der Waals surface area contributed by atoms with Crippen LogP contribution in [0.25, 0.3) is 0 Å². The number of carbonyl (C=O) groups excluding carboxylic acids is 1. The molecule has 0 spiro atoms. The maximum Gasteiger partial charge on any atom is 0.257 e. The summed E-state index contributed by atoms with van der Waals surface area (Å²) in [5.74, 6) is 0.398. The van der Waals surface area contributed by atoms with Crippen molar-refractivity contribution in [3.63, 3.8) is 0 Å². The predicted molar refractivity (Wildman–Crippen MR) is 97.7 cm³/mol. The number of amides is 1. The molecule has 1 aromatic carbocycles. The number of carbonyl (C=O) groups is 1. The van der Waals surface area contributed by atoms with Crippen molar-refractivity contribution in [1.29, 1.82) is 0 Å². The molecule has 0 saturated heterocycles. The van der Waals surface area contributed by atoms with Crippen molar-refractivity contribution in [1.82, 2.24) is 15.0 Å². The number of anilines is 2. The van der Waals surface area contributed by atoms with Gasteiger partial charge in [0, 0.05) is 24.6 Å². The van der Waals surface area contributed by atoms with Gasteiger partial charge in [0.25, 0.3) is 5.91 Å². The minimum atomic E-state index is -0.193. The van der Waals surface area contributed by atoms with Gasteiger partial charge in [-0.2, -0.15) is 0 Å². The summed E-state index contributed by atoms with van der Waals surface area (Å²) in [5.41, 5.74) is 3.16. The molecule has 6 nitrogen and oxygen atoms in total. The Labute approximate surface area is 150 Å². The average molecular weight is 354 g/mol. The first-order valence-electron chi connectivity index (χ1n) is 7.63. The number of nitrogens with one attached hydrogen (secondary N) is 2. The van der Waals surface area contributed by atoms with Crippen LogP contribution in [0.1, 0.15) is 21.5 Å². The Balaban J connectivity index is 1.66. The number of aromatic nitrogens is 3. The van der Waals surface area contributed by atoms with Crippen molar-refractivity contribution in [3.05, 3.63) is 77.0 Å². The van der Waals surface area contributed by atoms with E-state index in [1.54, 1.807) is 24.7 Å². The van der Waals surface area contributed by atoms with Crippen LogP contribution in [0.4, 0.5) is 11.5 Å². The number of benzene rings is 1. The van der Waals surface area contributed by atoms with Crippen molar-refractivity contribution in [2.45, 2.75) is 13.5 Å². The van der Waals surface area contributed by atoms with Gasteiger partial charge in [-0.3, -0.25) is 14.8 Å². The number of rotatable bonds is 5. The van der Waals surface area contributed by atoms with E-state index < -0.39 is 0 Å². The molecule has 0 radical (unpaired) electrons. The summed E-state index contributed by atoms with van der Waals surface area (Å²) in [6.45, 7) is 2.43. The van der Waals surface area contributed by atoms with Gasteiger partial charge in [-0.15, -0.1) is 0 Å². The molecule has 7 heteroatoms. The fourth-order valence-electron chi connectivity index (χ4n) is 2.26. The molecule has 0 atom stereocenters. The number of aryl methyl sites for hydroxylation is 1. The van der Waals surface area contributed by atoms with Crippen LogP contribution in [-0.2, 0) is 6.54 Å². The molecule has 126 valence electrons. The second-order valence-corrected chi connectivity index (χ2v) is 5.87. The summed E-state index contributed by atoms with van der Waals surface area (Å²) in [6, 6.07) is 9.36. The zero-order valence-corrected chi connectivity index (χ0v) is 14.3. The van der Waals surface area contributed by atoms with Crippen LogP contribution in [0.3, 0.4) is 0 Å². The summed E-state index contributed by atoms with van der Waals surface area (Å²) < 4.78 is 0. The molecule has 3 aromatic rings. The van der Waals surface area contributed by atoms with Gasteiger partial charge in [-0.25, -0.2) is 4.98 Å². The maximum atomic E-state index is 12.3. The summed E-state index contributed by atoms with van der Waals surface area (Å²) in [4.78, 5) is 24.4. The monoisotopic (exact) mass is 353 g/mol. The van der Waals surface area contributed by atoms with E-state index in [1.165, 1.54) is 6.20 Å². The third-order valence-corrected chi connectivity index (χ3v) is 3.58. The van der Waals surface area contributed by atoms with Gasteiger partial charge in [0.1, 0.15) is 11.0 Å². The van der Waals surface area contributed by atoms with Gasteiger partial charge in [0.2, 0.25) is 0 Å². The van der Waals surface area contributed by atoms with E-state index >= 15 is 0 Å². The largest absolute Gasteiger partial charge is 0.365 e. The molecule has 0 aliphatic carbocycles. The highest BCUT2D eigenvalue weighted by Gasteiger charge is 2.07. The quantitative estimate of drug-likeness (QED) is 0.731. The zero-order valence-electron chi connectivity index (χ0n) is 13.5. The van der Waals surface area contributed by atoms with Gasteiger partial charge < -0.3 is 10.6 Å². The lowest BCUT2D eigenvalue weighted by Gasteiger charge is -2.09. The van der Waals surface area contributed by atoms with Gasteiger partial charge in [0.15, 0.2) is 0 Å². The van der Waals surface area contributed by atoms with E-state index in [9.17, 15) is 4.79 Å². The molecule has 2 heterocycles. The van der Waals surface area contributed by atoms with Crippen molar-refractivity contribution < 1.29 is 4.79 Å². The lowest BCUT2D eigenvalue weighted by Crippen LogP contribution is -2.12. The average Bonchev–Trinajstić information content (AvgIpc) is 2.60. The standard InChI is InChI=1S/C18H16ClN5O/c1-12-5-14(9-20-7-12)18(25)23-15-4-2-3-13(6-15)8-22-17-11-21-10-16(19)24-17/h2-7,9-11H,8H2,1H3,(H,22,24)(H,23,25). The molecule has 0 aliphatic rings. The van der Waals surface area contributed by atoms with E-state index in [2.05, 4.69) is 25.6 Å². The zero-order chi connectivity index (χ0) is 17.6.